The number of rotatable bonds is 9. The molecule has 132 valence electrons. The van der Waals surface area contributed by atoms with Gasteiger partial charge < -0.3 is 24.1 Å². The van der Waals surface area contributed by atoms with E-state index in [1.165, 1.54) is 0 Å². The Labute approximate surface area is 143 Å². The molecule has 2 aromatic rings. The Balaban J connectivity index is 1.94. The number of ether oxygens (including phenoxy) is 3. The molecule has 0 bridgehead atoms. The summed E-state index contributed by atoms with van der Waals surface area (Å²) in [6.07, 6.45) is 3.85. The lowest BCUT2D eigenvalue weighted by atomic mass is 10.1. The lowest BCUT2D eigenvalue weighted by Gasteiger charge is -2.17. The van der Waals surface area contributed by atoms with Gasteiger partial charge in [0, 0.05) is 37.1 Å². The van der Waals surface area contributed by atoms with Crippen molar-refractivity contribution in [1.82, 2.24) is 14.9 Å². The Morgan fingerprint density at radius 3 is 2.33 bits per heavy atom. The monoisotopic (exact) mass is 333 g/mol. The molecule has 0 aliphatic rings. The molecule has 1 aromatic carbocycles. The van der Waals surface area contributed by atoms with Gasteiger partial charge in [-0.25, -0.2) is 4.98 Å². The van der Waals surface area contributed by atoms with E-state index in [0.29, 0.717) is 24.0 Å². The second-order valence-corrected chi connectivity index (χ2v) is 5.88. The number of aromatic nitrogens is 2. The van der Waals surface area contributed by atoms with Gasteiger partial charge in [0.2, 0.25) is 0 Å². The van der Waals surface area contributed by atoms with Gasteiger partial charge in [0.05, 0.1) is 21.3 Å². The van der Waals surface area contributed by atoms with Crippen LogP contribution in [0.4, 0.5) is 0 Å². The lowest BCUT2D eigenvalue weighted by Crippen LogP contribution is -2.24. The average Bonchev–Trinajstić information content (AvgIpc) is 2.99. The normalized spacial score (nSPS) is 12.0. The van der Waals surface area contributed by atoms with Crippen LogP contribution in [0.15, 0.2) is 24.5 Å². The van der Waals surface area contributed by atoms with Gasteiger partial charge >= 0.3 is 0 Å². The molecule has 0 saturated carbocycles. The van der Waals surface area contributed by atoms with E-state index in [9.17, 15) is 0 Å². The number of imidazole rings is 1. The van der Waals surface area contributed by atoms with Crippen LogP contribution in [0.5, 0.6) is 17.2 Å². The molecule has 0 aliphatic heterocycles. The summed E-state index contributed by atoms with van der Waals surface area (Å²) in [7, 11) is 4.92. The van der Waals surface area contributed by atoms with Gasteiger partial charge in [0.15, 0.2) is 11.5 Å². The second kappa shape index (κ2) is 8.59. The Kier molecular flexibility index (Phi) is 6.49. The third-order valence-corrected chi connectivity index (χ3v) is 4.03. The summed E-state index contributed by atoms with van der Waals surface area (Å²) in [6, 6.07) is 3.81. The van der Waals surface area contributed by atoms with Crippen LogP contribution in [0.1, 0.15) is 18.3 Å². The predicted octanol–water partition coefficient (Wildman–Crippen LogP) is 2.64. The molecule has 0 fully saturated rings. The highest BCUT2D eigenvalue weighted by Crippen LogP contribution is 2.34. The van der Waals surface area contributed by atoms with Crippen molar-refractivity contribution >= 4 is 0 Å². The van der Waals surface area contributed by atoms with Crippen LogP contribution in [-0.4, -0.2) is 37.4 Å². The van der Waals surface area contributed by atoms with Crippen LogP contribution >= 0.6 is 0 Å². The van der Waals surface area contributed by atoms with Crippen molar-refractivity contribution in [3.8, 4) is 17.2 Å². The first-order valence-corrected chi connectivity index (χ1v) is 8.06. The van der Waals surface area contributed by atoms with Crippen molar-refractivity contribution in [3.63, 3.8) is 0 Å². The fourth-order valence-corrected chi connectivity index (χ4v) is 2.68. The Bertz CT molecular complexity index is 655. The highest BCUT2D eigenvalue weighted by molar-refractivity contribution is 5.50. The summed E-state index contributed by atoms with van der Waals surface area (Å²) in [6.45, 7) is 6.79. The molecule has 1 unspecified atom stereocenters. The number of methoxy groups -OCH3 is 3. The van der Waals surface area contributed by atoms with E-state index in [4.69, 9.17) is 14.2 Å². The summed E-state index contributed by atoms with van der Waals surface area (Å²) in [5, 5.41) is 3.49. The molecule has 0 aliphatic carbocycles. The van der Waals surface area contributed by atoms with E-state index in [-0.39, 0.29) is 0 Å². The van der Waals surface area contributed by atoms with E-state index >= 15 is 0 Å². The van der Waals surface area contributed by atoms with Crippen molar-refractivity contribution in [2.24, 2.45) is 5.92 Å². The Hall–Kier alpha value is -2.21. The molecule has 2 rings (SSSR count). The largest absolute Gasteiger partial charge is 0.496 e. The molecule has 0 spiro atoms. The van der Waals surface area contributed by atoms with E-state index < -0.39 is 0 Å². The van der Waals surface area contributed by atoms with Crippen molar-refractivity contribution in [2.75, 3.05) is 27.9 Å². The fraction of sp³-hybridized carbons (Fsp3) is 0.500. The summed E-state index contributed by atoms with van der Waals surface area (Å²) in [4.78, 5) is 4.26. The number of nitrogens with one attached hydrogen (secondary N) is 1. The van der Waals surface area contributed by atoms with Gasteiger partial charge in [-0.05, 0) is 25.5 Å². The van der Waals surface area contributed by atoms with Crippen molar-refractivity contribution < 1.29 is 14.2 Å². The van der Waals surface area contributed by atoms with Crippen molar-refractivity contribution in [3.05, 3.63) is 35.9 Å². The van der Waals surface area contributed by atoms with Gasteiger partial charge in [-0.3, -0.25) is 0 Å². The highest BCUT2D eigenvalue weighted by Gasteiger charge is 2.12. The third-order valence-electron chi connectivity index (χ3n) is 4.03. The fourth-order valence-electron chi connectivity index (χ4n) is 2.68. The Morgan fingerprint density at radius 1 is 1.08 bits per heavy atom. The first-order valence-electron chi connectivity index (χ1n) is 8.06. The van der Waals surface area contributed by atoms with Crippen LogP contribution in [0.3, 0.4) is 0 Å². The number of hydrogen-bond donors (Lipinski definition) is 1. The van der Waals surface area contributed by atoms with Crippen LogP contribution in [0.2, 0.25) is 0 Å². The van der Waals surface area contributed by atoms with Gasteiger partial charge in [0.1, 0.15) is 11.6 Å². The minimum atomic E-state index is 0.490. The van der Waals surface area contributed by atoms with Gasteiger partial charge in [0.25, 0.3) is 0 Å². The van der Waals surface area contributed by atoms with Gasteiger partial charge in [-0.15, -0.1) is 0 Å². The minimum Gasteiger partial charge on any atom is -0.496 e. The standard InChI is InChI=1S/C18H27N3O3/c1-13(12-21-7-6-20-14(21)2)10-19-11-15-8-17(23-4)18(24-5)9-16(15)22-3/h6-9,13,19H,10-12H2,1-5H3. The molecular formula is C18H27N3O3. The minimum absolute atomic E-state index is 0.490. The lowest BCUT2D eigenvalue weighted by molar-refractivity contribution is 0.346. The molecule has 6 heteroatoms. The quantitative estimate of drug-likeness (QED) is 0.764. The molecule has 1 heterocycles. The topological polar surface area (TPSA) is 57.5 Å². The SMILES string of the molecule is COc1cc(OC)c(OC)cc1CNCC(C)Cn1ccnc1C. The van der Waals surface area contributed by atoms with Crippen LogP contribution in [0, 0.1) is 12.8 Å². The van der Waals surface area contributed by atoms with Crippen LogP contribution < -0.4 is 19.5 Å². The number of benzene rings is 1. The Morgan fingerprint density at radius 2 is 1.75 bits per heavy atom. The second-order valence-electron chi connectivity index (χ2n) is 5.88. The van der Waals surface area contributed by atoms with E-state index in [1.54, 1.807) is 21.3 Å². The third kappa shape index (κ3) is 4.41. The zero-order chi connectivity index (χ0) is 17.5. The molecule has 6 nitrogen and oxygen atoms in total. The predicted molar refractivity (Wildman–Crippen MR) is 93.9 cm³/mol. The molecule has 1 N–H and O–H groups in total. The highest BCUT2D eigenvalue weighted by atomic mass is 16.5. The zero-order valence-corrected chi connectivity index (χ0v) is 15.1. The van der Waals surface area contributed by atoms with E-state index in [1.807, 2.05) is 31.5 Å². The van der Waals surface area contributed by atoms with Crippen LogP contribution in [0.25, 0.3) is 0 Å². The molecule has 1 aromatic heterocycles. The van der Waals surface area contributed by atoms with Crippen molar-refractivity contribution in [2.45, 2.75) is 26.9 Å². The number of nitrogens with zero attached hydrogens (tertiary/aromatic N) is 2. The summed E-state index contributed by atoms with van der Waals surface area (Å²) < 4.78 is 18.3. The smallest absolute Gasteiger partial charge is 0.164 e. The molecular weight excluding hydrogens is 306 g/mol. The summed E-state index contributed by atoms with van der Waals surface area (Å²) >= 11 is 0. The van der Waals surface area contributed by atoms with E-state index in [2.05, 4.69) is 21.8 Å². The maximum absolute atomic E-state index is 5.46. The number of aryl methyl sites for hydroxylation is 1. The van der Waals surface area contributed by atoms with Crippen molar-refractivity contribution in [1.29, 1.82) is 0 Å². The molecule has 1 atom stereocenters. The maximum Gasteiger partial charge on any atom is 0.164 e. The maximum atomic E-state index is 5.46. The first kappa shape index (κ1) is 18.1. The molecule has 24 heavy (non-hydrogen) atoms. The number of hydrogen-bond acceptors (Lipinski definition) is 5. The average molecular weight is 333 g/mol. The first-order chi connectivity index (χ1) is 11.6. The molecule has 0 amide bonds. The molecule has 0 radical (unpaired) electrons. The van der Waals surface area contributed by atoms with Crippen LogP contribution in [-0.2, 0) is 13.1 Å². The zero-order valence-electron chi connectivity index (χ0n) is 15.1. The summed E-state index contributed by atoms with van der Waals surface area (Å²) in [5.74, 6) is 3.70. The van der Waals surface area contributed by atoms with E-state index in [0.717, 1.165) is 30.2 Å². The van der Waals surface area contributed by atoms with Gasteiger partial charge in [-0.2, -0.15) is 0 Å². The molecule has 0 saturated heterocycles. The van der Waals surface area contributed by atoms with Gasteiger partial charge in [-0.1, -0.05) is 6.92 Å². The summed E-state index contributed by atoms with van der Waals surface area (Å²) in [5.41, 5.74) is 1.04.